The molecule has 0 bridgehead atoms. The number of hydrogen-bond acceptors (Lipinski definition) is 9. The lowest BCUT2D eigenvalue weighted by Gasteiger charge is -2.13. The first-order valence-electron chi connectivity index (χ1n) is 9.01. The standard InChI is InChI=1S/C20H16BrN5O6/c1-31-18-10-14(11-23-24-20-17(26(29)30)3-2-8-22-20)9-16(21)19(18)32-12-13-4-6-15(7-5-13)25(27)28/h2-11H,12H2,1H3,(H,22,24)/b23-11-. The predicted molar refractivity (Wildman–Crippen MR) is 120 cm³/mol. The first-order chi connectivity index (χ1) is 15.4. The number of non-ortho nitro benzene ring substituents is 1. The van der Waals surface area contributed by atoms with Crippen LogP contribution in [0.4, 0.5) is 17.2 Å². The van der Waals surface area contributed by atoms with Crippen LogP contribution in [-0.2, 0) is 6.61 Å². The Morgan fingerprint density at radius 3 is 2.56 bits per heavy atom. The van der Waals surface area contributed by atoms with Gasteiger partial charge in [-0.1, -0.05) is 0 Å². The summed E-state index contributed by atoms with van der Waals surface area (Å²) in [5.74, 6) is 0.880. The minimum atomic E-state index is -0.554. The normalized spacial score (nSPS) is 10.7. The molecule has 0 aliphatic carbocycles. The lowest BCUT2D eigenvalue weighted by molar-refractivity contribution is -0.384. The van der Waals surface area contributed by atoms with Crippen LogP contribution >= 0.6 is 15.9 Å². The molecule has 3 aromatic rings. The number of benzene rings is 2. The van der Waals surface area contributed by atoms with Gasteiger partial charge in [-0.05, 0) is 57.4 Å². The number of anilines is 1. The lowest BCUT2D eigenvalue weighted by Crippen LogP contribution is -2.01. The maximum absolute atomic E-state index is 11.0. The van der Waals surface area contributed by atoms with Crippen LogP contribution in [0.2, 0.25) is 0 Å². The summed E-state index contributed by atoms with van der Waals surface area (Å²) in [6, 6.07) is 12.2. The minimum Gasteiger partial charge on any atom is -0.493 e. The first-order valence-corrected chi connectivity index (χ1v) is 9.80. The van der Waals surface area contributed by atoms with E-state index in [1.165, 1.54) is 43.8 Å². The smallest absolute Gasteiger partial charge is 0.313 e. The van der Waals surface area contributed by atoms with Gasteiger partial charge in [0.1, 0.15) is 6.61 Å². The minimum absolute atomic E-state index is 0.000737. The second kappa shape index (κ2) is 10.3. The number of rotatable bonds is 9. The molecule has 12 heteroatoms. The highest BCUT2D eigenvalue weighted by molar-refractivity contribution is 9.10. The van der Waals surface area contributed by atoms with E-state index in [0.717, 1.165) is 5.56 Å². The van der Waals surface area contributed by atoms with Crippen LogP contribution in [0.15, 0.2) is 64.3 Å². The number of aromatic nitrogens is 1. The van der Waals surface area contributed by atoms with E-state index >= 15 is 0 Å². The highest BCUT2D eigenvalue weighted by Gasteiger charge is 2.14. The van der Waals surface area contributed by atoms with Crippen molar-refractivity contribution in [3.8, 4) is 11.5 Å². The molecule has 164 valence electrons. The fraction of sp³-hybridized carbons (Fsp3) is 0.100. The molecule has 11 nitrogen and oxygen atoms in total. The molecule has 0 spiro atoms. The molecule has 1 N–H and O–H groups in total. The Bertz CT molecular complexity index is 1170. The van der Waals surface area contributed by atoms with Gasteiger partial charge in [-0.2, -0.15) is 5.10 Å². The molecule has 0 unspecified atom stereocenters. The lowest BCUT2D eigenvalue weighted by atomic mass is 10.2. The number of hydrogen-bond donors (Lipinski definition) is 1. The quantitative estimate of drug-likeness (QED) is 0.252. The molecule has 0 saturated carbocycles. The monoisotopic (exact) mass is 501 g/mol. The number of methoxy groups -OCH3 is 1. The number of nitrogens with zero attached hydrogens (tertiary/aromatic N) is 4. The second-order valence-corrected chi connectivity index (χ2v) is 7.10. The third-order valence-electron chi connectivity index (χ3n) is 4.15. The van der Waals surface area contributed by atoms with Gasteiger partial charge in [0.25, 0.3) is 5.69 Å². The second-order valence-electron chi connectivity index (χ2n) is 6.24. The molecule has 0 aliphatic heterocycles. The van der Waals surface area contributed by atoms with Crippen molar-refractivity contribution in [3.05, 3.63) is 90.6 Å². The Hall–Kier alpha value is -4.06. The van der Waals surface area contributed by atoms with E-state index in [4.69, 9.17) is 9.47 Å². The maximum atomic E-state index is 11.0. The van der Waals surface area contributed by atoms with Crippen LogP contribution in [0.5, 0.6) is 11.5 Å². The van der Waals surface area contributed by atoms with Crippen molar-refractivity contribution in [1.82, 2.24) is 4.98 Å². The predicted octanol–water partition coefficient (Wildman–Crippen LogP) is 4.69. The van der Waals surface area contributed by atoms with Gasteiger partial charge in [0.15, 0.2) is 11.5 Å². The van der Waals surface area contributed by atoms with E-state index in [-0.39, 0.29) is 23.8 Å². The molecule has 32 heavy (non-hydrogen) atoms. The third kappa shape index (κ3) is 5.55. The average molecular weight is 502 g/mol. The number of nitrogens with one attached hydrogen (secondary N) is 1. The number of nitro groups is 2. The van der Waals surface area contributed by atoms with Gasteiger partial charge >= 0.3 is 5.69 Å². The van der Waals surface area contributed by atoms with Crippen LogP contribution < -0.4 is 14.9 Å². The molecular weight excluding hydrogens is 486 g/mol. The molecule has 0 atom stereocenters. The summed E-state index contributed by atoms with van der Waals surface area (Å²) in [5.41, 5.74) is 3.73. The zero-order chi connectivity index (χ0) is 23.1. The van der Waals surface area contributed by atoms with E-state index < -0.39 is 9.85 Å². The Morgan fingerprint density at radius 2 is 1.91 bits per heavy atom. The SMILES string of the molecule is COc1cc(/C=N\Nc2ncccc2[N+](=O)[O-])cc(Br)c1OCc1ccc([N+](=O)[O-])cc1. The van der Waals surface area contributed by atoms with Crippen molar-refractivity contribution >= 4 is 39.3 Å². The fourth-order valence-electron chi connectivity index (χ4n) is 2.62. The van der Waals surface area contributed by atoms with Gasteiger partial charge in [0.05, 0.1) is 27.6 Å². The van der Waals surface area contributed by atoms with Gasteiger partial charge in [0, 0.05) is 24.4 Å². The Kier molecular flexibility index (Phi) is 7.29. The van der Waals surface area contributed by atoms with Gasteiger partial charge in [-0.25, -0.2) is 4.98 Å². The molecule has 3 rings (SSSR count). The molecule has 1 heterocycles. The van der Waals surface area contributed by atoms with Crippen LogP contribution in [-0.4, -0.2) is 28.2 Å². The highest BCUT2D eigenvalue weighted by atomic mass is 79.9. The summed E-state index contributed by atoms with van der Waals surface area (Å²) in [4.78, 5) is 24.7. The van der Waals surface area contributed by atoms with Crippen LogP contribution in [0.1, 0.15) is 11.1 Å². The first kappa shape index (κ1) is 22.6. The molecule has 1 aromatic heterocycles. The Balaban J connectivity index is 1.72. The topological polar surface area (TPSA) is 142 Å². The summed E-state index contributed by atoms with van der Waals surface area (Å²) in [5, 5.41) is 25.8. The van der Waals surface area contributed by atoms with Crippen LogP contribution in [0.3, 0.4) is 0 Å². The van der Waals surface area contributed by atoms with Gasteiger partial charge in [-0.15, -0.1) is 0 Å². The molecule has 0 saturated heterocycles. The van der Waals surface area contributed by atoms with E-state index in [1.807, 2.05) is 0 Å². The summed E-state index contributed by atoms with van der Waals surface area (Å²) in [7, 11) is 1.48. The van der Waals surface area contributed by atoms with Crippen molar-refractivity contribution in [3.63, 3.8) is 0 Å². The van der Waals surface area contributed by atoms with E-state index in [0.29, 0.717) is 21.5 Å². The summed E-state index contributed by atoms with van der Waals surface area (Å²) < 4.78 is 11.8. The molecule has 0 aliphatic rings. The Labute approximate surface area is 190 Å². The van der Waals surface area contributed by atoms with E-state index in [1.54, 1.807) is 24.3 Å². The van der Waals surface area contributed by atoms with Crippen LogP contribution in [0, 0.1) is 20.2 Å². The summed E-state index contributed by atoms with van der Waals surface area (Å²) in [6.07, 6.45) is 2.87. The van der Waals surface area contributed by atoms with Gasteiger partial charge < -0.3 is 9.47 Å². The van der Waals surface area contributed by atoms with Crippen LogP contribution in [0.25, 0.3) is 0 Å². The maximum Gasteiger partial charge on any atom is 0.313 e. The van der Waals surface area contributed by atoms with Gasteiger partial charge in [-0.3, -0.25) is 25.7 Å². The van der Waals surface area contributed by atoms with Crippen molar-refractivity contribution in [1.29, 1.82) is 0 Å². The average Bonchev–Trinajstić information content (AvgIpc) is 2.78. The fourth-order valence-corrected chi connectivity index (χ4v) is 3.20. The molecular formula is C20H16BrN5O6. The van der Waals surface area contributed by atoms with Crippen molar-refractivity contribution in [2.45, 2.75) is 6.61 Å². The largest absolute Gasteiger partial charge is 0.493 e. The third-order valence-corrected chi connectivity index (χ3v) is 4.74. The summed E-state index contributed by atoms with van der Waals surface area (Å²) >= 11 is 3.43. The molecule has 2 aromatic carbocycles. The number of halogens is 1. The zero-order valence-corrected chi connectivity index (χ0v) is 18.2. The highest BCUT2D eigenvalue weighted by Crippen LogP contribution is 2.37. The number of hydrazone groups is 1. The number of ether oxygens (including phenoxy) is 2. The molecule has 0 fully saturated rings. The van der Waals surface area contributed by atoms with Gasteiger partial charge in [0.2, 0.25) is 5.82 Å². The van der Waals surface area contributed by atoms with Crippen molar-refractivity contribution in [2.75, 3.05) is 12.5 Å². The molecule has 0 radical (unpaired) electrons. The molecule has 0 amide bonds. The van der Waals surface area contributed by atoms with E-state index in [2.05, 4.69) is 31.4 Å². The van der Waals surface area contributed by atoms with Crippen molar-refractivity contribution < 1.29 is 19.3 Å². The number of nitro benzene ring substituents is 1. The van der Waals surface area contributed by atoms with Crippen molar-refractivity contribution in [2.24, 2.45) is 5.10 Å². The Morgan fingerprint density at radius 1 is 1.16 bits per heavy atom. The number of pyridine rings is 1. The zero-order valence-electron chi connectivity index (χ0n) is 16.6. The van der Waals surface area contributed by atoms with E-state index in [9.17, 15) is 20.2 Å². The summed E-state index contributed by atoms with van der Waals surface area (Å²) in [6.45, 7) is 0.172.